The van der Waals surface area contributed by atoms with Gasteiger partial charge in [-0.2, -0.15) is 0 Å². The van der Waals surface area contributed by atoms with Gasteiger partial charge in [0.05, 0.1) is 6.04 Å². The van der Waals surface area contributed by atoms with Crippen molar-refractivity contribution >= 4 is 29.7 Å². The summed E-state index contributed by atoms with van der Waals surface area (Å²) in [6.45, 7) is 4.99. The summed E-state index contributed by atoms with van der Waals surface area (Å²) >= 11 is 0. The standard InChI is InChI=1S/C22H39N7O5/c1-13(2)12-15(27-18(30)14(23)6-3-9-26-22(24)25)19(31)28-10-4-7-16(28)20(32)29-11-5-8-17(29)21(33)34/h13-17H,3-12,23H2,1-2H3,(H,27,30)(H,33,34)(H4,24,25,26). The minimum Gasteiger partial charge on any atom is -0.480 e. The SMILES string of the molecule is CC(C)CC(NC(=O)C(N)CCCN=C(N)N)C(=O)N1CCCC1C(=O)N1CCCC1C(=O)O. The van der Waals surface area contributed by atoms with Crippen molar-refractivity contribution in [3.8, 4) is 0 Å². The second kappa shape index (κ2) is 12.5. The van der Waals surface area contributed by atoms with Gasteiger partial charge in [0, 0.05) is 19.6 Å². The zero-order valence-corrected chi connectivity index (χ0v) is 20.1. The quantitative estimate of drug-likeness (QED) is 0.140. The van der Waals surface area contributed by atoms with Crippen LogP contribution in [0.4, 0.5) is 0 Å². The highest BCUT2D eigenvalue weighted by Crippen LogP contribution is 2.26. The highest BCUT2D eigenvalue weighted by molar-refractivity contribution is 5.94. The zero-order chi connectivity index (χ0) is 25.4. The molecule has 0 aromatic rings. The lowest BCUT2D eigenvalue weighted by molar-refractivity contribution is -0.152. The first-order chi connectivity index (χ1) is 16.0. The number of carbonyl (C=O) groups excluding carboxylic acids is 3. The number of likely N-dealkylation sites (tertiary alicyclic amines) is 2. The number of carbonyl (C=O) groups is 4. The summed E-state index contributed by atoms with van der Waals surface area (Å²) in [7, 11) is 0. The molecule has 0 spiro atoms. The van der Waals surface area contributed by atoms with Crippen molar-refractivity contribution in [1.82, 2.24) is 15.1 Å². The van der Waals surface area contributed by atoms with Crippen molar-refractivity contribution in [2.75, 3.05) is 19.6 Å². The van der Waals surface area contributed by atoms with Crippen molar-refractivity contribution in [3.05, 3.63) is 0 Å². The Balaban J connectivity index is 2.06. The molecule has 12 nitrogen and oxygen atoms in total. The van der Waals surface area contributed by atoms with Gasteiger partial charge in [-0.05, 0) is 50.9 Å². The van der Waals surface area contributed by atoms with E-state index in [1.54, 1.807) is 0 Å². The van der Waals surface area contributed by atoms with Crippen molar-refractivity contribution in [3.63, 3.8) is 0 Å². The third-order valence-corrected chi connectivity index (χ3v) is 6.27. The molecular weight excluding hydrogens is 442 g/mol. The van der Waals surface area contributed by atoms with Crippen molar-refractivity contribution in [2.45, 2.75) is 83.0 Å². The monoisotopic (exact) mass is 481 g/mol. The molecule has 0 radical (unpaired) electrons. The molecule has 0 aromatic heterocycles. The second-order valence-corrected chi connectivity index (χ2v) is 9.46. The lowest BCUT2D eigenvalue weighted by atomic mass is 10.0. The van der Waals surface area contributed by atoms with Crippen molar-refractivity contribution in [1.29, 1.82) is 0 Å². The number of nitrogens with one attached hydrogen (secondary N) is 1. The number of hydrogen-bond acceptors (Lipinski definition) is 6. The molecule has 0 bridgehead atoms. The van der Waals surface area contributed by atoms with E-state index in [2.05, 4.69) is 10.3 Å². The predicted octanol–water partition coefficient (Wildman–Crippen LogP) is -1.04. The van der Waals surface area contributed by atoms with E-state index in [9.17, 15) is 24.3 Å². The van der Waals surface area contributed by atoms with Crippen LogP contribution in [0, 0.1) is 5.92 Å². The van der Waals surface area contributed by atoms with Crippen molar-refractivity contribution < 1.29 is 24.3 Å². The number of aliphatic carboxylic acids is 1. The first-order valence-electron chi connectivity index (χ1n) is 12.0. The lowest BCUT2D eigenvalue weighted by Gasteiger charge is -2.33. The molecule has 4 atom stereocenters. The summed E-state index contributed by atoms with van der Waals surface area (Å²) in [5.74, 6) is -2.06. The molecule has 0 aliphatic carbocycles. The smallest absolute Gasteiger partial charge is 0.326 e. The Bertz CT molecular complexity index is 784. The molecule has 2 saturated heterocycles. The van der Waals surface area contributed by atoms with Crippen LogP contribution < -0.4 is 22.5 Å². The summed E-state index contributed by atoms with van der Waals surface area (Å²) in [6.07, 6.45) is 3.40. The van der Waals surface area contributed by atoms with Gasteiger partial charge in [-0.3, -0.25) is 19.4 Å². The molecule has 3 amide bonds. The van der Waals surface area contributed by atoms with E-state index < -0.39 is 36.0 Å². The van der Waals surface area contributed by atoms with E-state index in [1.165, 1.54) is 9.80 Å². The van der Waals surface area contributed by atoms with Crippen LogP contribution >= 0.6 is 0 Å². The maximum Gasteiger partial charge on any atom is 0.326 e. The normalized spacial score (nSPS) is 21.9. The van der Waals surface area contributed by atoms with Crippen LogP contribution in [0.1, 0.15) is 58.8 Å². The van der Waals surface area contributed by atoms with Gasteiger partial charge in [-0.25, -0.2) is 4.79 Å². The van der Waals surface area contributed by atoms with Crippen LogP contribution in [0.2, 0.25) is 0 Å². The average molecular weight is 482 g/mol. The van der Waals surface area contributed by atoms with E-state index in [1.807, 2.05) is 13.8 Å². The zero-order valence-electron chi connectivity index (χ0n) is 20.1. The number of nitrogens with zero attached hydrogens (tertiary/aromatic N) is 3. The van der Waals surface area contributed by atoms with E-state index in [0.29, 0.717) is 64.6 Å². The van der Waals surface area contributed by atoms with Crippen LogP contribution in [0.25, 0.3) is 0 Å². The number of carboxylic acids is 1. The molecule has 12 heteroatoms. The van der Waals surface area contributed by atoms with Gasteiger partial charge < -0.3 is 37.4 Å². The van der Waals surface area contributed by atoms with E-state index in [-0.39, 0.29) is 23.7 Å². The van der Waals surface area contributed by atoms with E-state index in [4.69, 9.17) is 17.2 Å². The van der Waals surface area contributed by atoms with Gasteiger partial charge in [-0.15, -0.1) is 0 Å². The fourth-order valence-electron chi connectivity index (χ4n) is 4.59. The Morgan fingerprint density at radius 2 is 1.68 bits per heavy atom. The molecule has 34 heavy (non-hydrogen) atoms. The minimum absolute atomic E-state index is 0.0288. The molecule has 8 N–H and O–H groups in total. The molecule has 2 heterocycles. The Labute approximate surface area is 200 Å². The summed E-state index contributed by atoms with van der Waals surface area (Å²) in [6, 6.07) is -3.22. The van der Waals surface area contributed by atoms with Gasteiger partial charge in [0.25, 0.3) is 0 Å². The number of guanidine groups is 1. The minimum atomic E-state index is -1.03. The van der Waals surface area contributed by atoms with Gasteiger partial charge >= 0.3 is 5.97 Å². The number of carboxylic acid groups (broad SMARTS) is 1. The molecule has 2 aliphatic heterocycles. The highest BCUT2D eigenvalue weighted by Gasteiger charge is 2.43. The largest absolute Gasteiger partial charge is 0.480 e. The van der Waals surface area contributed by atoms with Crippen LogP contribution in [-0.4, -0.2) is 88.4 Å². The van der Waals surface area contributed by atoms with E-state index >= 15 is 0 Å². The third-order valence-electron chi connectivity index (χ3n) is 6.27. The van der Waals surface area contributed by atoms with Crippen LogP contribution in [0.3, 0.4) is 0 Å². The fraction of sp³-hybridized carbons (Fsp3) is 0.773. The Kier molecular flexibility index (Phi) is 10.1. The van der Waals surface area contributed by atoms with Crippen LogP contribution in [0.5, 0.6) is 0 Å². The Morgan fingerprint density at radius 3 is 2.26 bits per heavy atom. The molecule has 2 aliphatic rings. The number of hydrogen-bond donors (Lipinski definition) is 5. The molecule has 0 saturated carbocycles. The summed E-state index contributed by atoms with van der Waals surface area (Å²) in [5, 5.41) is 12.2. The second-order valence-electron chi connectivity index (χ2n) is 9.46. The van der Waals surface area contributed by atoms with Gasteiger partial charge in [-0.1, -0.05) is 13.8 Å². The third kappa shape index (κ3) is 7.31. The fourth-order valence-corrected chi connectivity index (χ4v) is 4.59. The Morgan fingerprint density at radius 1 is 1.06 bits per heavy atom. The summed E-state index contributed by atoms with van der Waals surface area (Å²) in [4.78, 5) is 57.6. The maximum absolute atomic E-state index is 13.5. The average Bonchev–Trinajstić information content (AvgIpc) is 3.44. The highest BCUT2D eigenvalue weighted by atomic mass is 16.4. The van der Waals surface area contributed by atoms with Crippen LogP contribution in [-0.2, 0) is 19.2 Å². The van der Waals surface area contributed by atoms with Gasteiger partial charge in [0.2, 0.25) is 17.7 Å². The number of rotatable bonds is 11. The lowest BCUT2D eigenvalue weighted by Crippen LogP contribution is -2.57. The summed E-state index contributed by atoms with van der Waals surface area (Å²) in [5.41, 5.74) is 16.6. The van der Waals surface area contributed by atoms with Gasteiger partial charge in [0.15, 0.2) is 5.96 Å². The topological polar surface area (TPSA) is 197 Å². The van der Waals surface area contributed by atoms with Crippen molar-refractivity contribution in [2.24, 2.45) is 28.1 Å². The molecule has 0 aromatic carbocycles. The first-order valence-corrected chi connectivity index (χ1v) is 12.0. The molecule has 2 fully saturated rings. The molecule has 2 rings (SSSR count). The maximum atomic E-state index is 13.5. The molecule has 4 unspecified atom stereocenters. The predicted molar refractivity (Wildman–Crippen MR) is 126 cm³/mol. The van der Waals surface area contributed by atoms with Crippen LogP contribution in [0.15, 0.2) is 4.99 Å². The van der Waals surface area contributed by atoms with E-state index in [0.717, 1.165) is 0 Å². The summed E-state index contributed by atoms with van der Waals surface area (Å²) < 4.78 is 0. The van der Waals surface area contributed by atoms with Gasteiger partial charge in [0.1, 0.15) is 18.1 Å². The number of aliphatic imine (C=N–C) groups is 1. The first kappa shape index (κ1) is 27.4. The number of nitrogens with two attached hydrogens (primary N) is 3. The number of amides is 3. The Hall–Kier alpha value is -2.89. The molecule has 192 valence electrons. The molecular formula is C22H39N7O5.